The Morgan fingerprint density at radius 2 is 1.67 bits per heavy atom. The molecule has 9 nitrogen and oxygen atoms in total. The van der Waals surface area contributed by atoms with Gasteiger partial charge in [-0.15, -0.1) is 0 Å². The number of morpholine rings is 2. The van der Waals surface area contributed by atoms with Crippen molar-refractivity contribution >= 4 is 33.4 Å². The van der Waals surface area contributed by atoms with Crippen LogP contribution < -0.4 is 15.1 Å². The van der Waals surface area contributed by atoms with Gasteiger partial charge in [0.2, 0.25) is 15.8 Å². The van der Waals surface area contributed by atoms with Crippen LogP contribution in [0.1, 0.15) is 31.2 Å². The van der Waals surface area contributed by atoms with E-state index in [0.29, 0.717) is 81.7 Å². The molecule has 3 heterocycles. The molecule has 36 heavy (non-hydrogen) atoms. The summed E-state index contributed by atoms with van der Waals surface area (Å²) in [6.07, 6.45) is 7.62. The number of halogens is 1. The van der Waals surface area contributed by atoms with Gasteiger partial charge < -0.3 is 24.6 Å². The van der Waals surface area contributed by atoms with Crippen LogP contribution in [0.15, 0.2) is 34.7 Å². The summed E-state index contributed by atoms with van der Waals surface area (Å²) in [6, 6.07) is 4.08. The molecule has 2 aliphatic heterocycles. The summed E-state index contributed by atoms with van der Waals surface area (Å²) >= 11 is 0. The van der Waals surface area contributed by atoms with Crippen LogP contribution in [0, 0.1) is 5.82 Å². The fourth-order valence-electron chi connectivity index (χ4n) is 4.82. The fraction of sp³-hybridized carbons (Fsp3) is 0.520. The van der Waals surface area contributed by atoms with Crippen molar-refractivity contribution in [1.29, 1.82) is 0 Å². The molecule has 0 atom stereocenters. The molecule has 5 rings (SSSR count). The van der Waals surface area contributed by atoms with E-state index in [4.69, 9.17) is 14.5 Å². The first-order chi connectivity index (χ1) is 17.5. The Morgan fingerprint density at radius 3 is 2.36 bits per heavy atom. The third kappa shape index (κ3) is 5.79. The Kier molecular flexibility index (Phi) is 7.68. The minimum Gasteiger partial charge on any atom is -0.378 e. The third-order valence-corrected chi connectivity index (χ3v) is 8.25. The van der Waals surface area contributed by atoms with E-state index in [-0.39, 0.29) is 4.90 Å². The predicted molar refractivity (Wildman–Crippen MR) is 137 cm³/mol. The first-order valence-corrected chi connectivity index (χ1v) is 14.1. The van der Waals surface area contributed by atoms with Gasteiger partial charge in [-0.25, -0.2) is 17.8 Å². The average Bonchev–Trinajstić information content (AvgIpc) is 3.42. The van der Waals surface area contributed by atoms with Gasteiger partial charge in [0.25, 0.3) is 0 Å². The summed E-state index contributed by atoms with van der Waals surface area (Å²) in [4.78, 5) is 13.3. The van der Waals surface area contributed by atoms with Crippen molar-refractivity contribution in [1.82, 2.24) is 9.97 Å². The highest BCUT2D eigenvalue weighted by Crippen LogP contribution is 2.30. The van der Waals surface area contributed by atoms with Gasteiger partial charge in [-0.3, -0.25) is 0 Å². The monoisotopic (exact) mass is 517 g/mol. The van der Waals surface area contributed by atoms with Crippen LogP contribution >= 0.6 is 0 Å². The standard InChI is InChI=1S/C25H32FN5O4S/c26-20-5-6-23(22(17-20)30-8-12-34-13-9-30)36(32,33)16-7-19-18-27-25(31-10-14-35-15-11-31)29-24(19)28-21-3-1-2-4-21/h5-7,16-18,21H,1-4,8-15H2,(H,27,28,29)/b16-7+. The number of hydrogen-bond donors (Lipinski definition) is 1. The highest BCUT2D eigenvalue weighted by molar-refractivity contribution is 7.94. The highest BCUT2D eigenvalue weighted by Gasteiger charge is 2.24. The van der Waals surface area contributed by atoms with E-state index >= 15 is 0 Å². The molecular weight excluding hydrogens is 485 g/mol. The van der Waals surface area contributed by atoms with Crippen molar-refractivity contribution in [3.8, 4) is 0 Å². The number of sulfone groups is 1. The van der Waals surface area contributed by atoms with E-state index < -0.39 is 15.7 Å². The highest BCUT2D eigenvalue weighted by atomic mass is 32.2. The summed E-state index contributed by atoms with van der Waals surface area (Å²) < 4.78 is 51.7. The molecule has 1 aliphatic carbocycles. The zero-order chi connectivity index (χ0) is 25.0. The Morgan fingerprint density at radius 1 is 1.00 bits per heavy atom. The van der Waals surface area contributed by atoms with Crippen LogP contribution in [-0.2, 0) is 19.3 Å². The number of rotatable bonds is 7. The van der Waals surface area contributed by atoms with Crippen LogP contribution in [0.2, 0.25) is 0 Å². The van der Waals surface area contributed by atoms with Crippen LogP contribution in [0.3, 0.4) is 0 Å². The van der Waals surface area contributed by atoms with Crippen LogP contribution in [0.4, 0.5) is 21.8 Å². The number of nitrogens with one attached hydrogen (secondary N) is 1. The van der Waals surface area contributed by atoms with E-state index in [0.717, 1.165) is 31.1 Å². The van der Waals surface area contributed by atoms with E-state index in [1.807, 2.05) is 4.90 Å². The van der Waals surface area contributed by atoms with E-state index in [1.54, 1.807) is 6.20 Å². The lowest BCUT2D eigenvalue weighted by Crippen LogP contribution is -2.37. The Labute approximate surface area is 211 Å². The van der Waals surface area contributed by atoms with Crippen molar-refractivity contribution in [2.45, 2.75) is 36.6 Å². The Bertz CT molecular complexity index is 1190. The van der Waals surface area contributed by atoms with Crippen molar-refractivity contribution < 1.29 is 22.3 Å². The largest absolute Gasteiger partial charge is 0.378 e. The normalized spacial score (nSPS) is 19.8. The third-order valence-electron chi connectivity index (χ3n) is 6.80. The van der Waals surface area contributed by atoms with E-state index in [9.17, 15) is 12.8 Å². The second kappa shape index (κ2) is 11.1. The van der Waals surface area contributed by atoms with Gasteiger partial charge in [0.1, 0.15) is 11.6 Å². The Hall–Kier alpha value is -2.76. The number of hydrogen-bond acceptors (Lipinski definition) is 9. The molecule has 1 aromatic carbocycles. The van der Waals surface area contributed by atoms with Gasteiger partial charge in [0.15, 0.2) is 0 Å². The zero-order valence-corrected chi connectivity index (χ0v) is 21.1. The topological polar surface area (TPSA) is 96.9 Å². The van der Waals surface area contributed by atoms with Crippen molar-refractivity contribution in [2.75, 3.05) is 67.7 Å². The predicted octanol–water partition coefficient (Wildman–Crippen LogP) is 3.09. The average molecular weight is 518 g/mol. The van der Waals surface area contributed by atoms with Gasteiger partial charge in [-0.2, -0.15) is 4.98 Å². The smallest absolute Gasteiger partial charge is 0.227 e. The summed E-state index contributed by atoms with van der Waals surface area (Å²) in [5.41, 5.74) is 0.948. The molecule has 11 heteroatoms. The molecule has 1 N–H and O–H groups in total. The molecule has 2 aromatic rings. The first kappa shape index (κ1) is 24.9. The molecule has 0 bridgehead atoms. The molecule has 3 fully saturated rings. The Balaban J connectivity index is 1.45. The van der Waals surface area contributed by atoms with Gasteiger partial charge >= 0.3 is 0 Å². The van der Waals surface area contributed by atoms with Gasteiger partial charge in [-0.05, 0) is 37.1 Å². The molecule has 1 aromatic heterocycles. The minimum atomic E-state index is -3.87. The van der Waals surface area contributed by atoms with Crippen molar-refractivity contribution in [3.63, 3.8) is 0 Å². The molecular formula is C25H32FN5O4S. The summed E-state index contributed by atoms with van der Waals surface area (Å²) in [5.74, 6) is 0.749. The van der Waals surface area contributed by atoms with E-state index in [2.05, 4.69) is 15.2 Å². The fourth-order valence-corrected chi connectivity index (χ4v) is 6.03. The number of benzene rings is 1. The van der Waals surface area contributed by atoms with Crippen LogP contribution in [0.5, 0.6) is 0 Å². The van der Waals surface area contributed by atoms with Crippen molar-refractivity contribution in [2.24, 2.45) is 0 Å². The number of nitrogens with zero attached hydrogens (tertiary/aromatic N) is 4. The SMILES string of the molecule is O=S(=O)(/C=C/c1cnc(N2CCOCC2)nc1NC1CCCC1)c1ccc(F)cc1N1CCOCC1. The molecule has 0 radical (unpaired) electrons. The quantitative estimate of drug-likeness (QED) is 0.556. The maximum atomic E-state index is 14.1. The summed E-state index contributed by atoms with van der Waals surface area (Å²) in [7, 11) is -3.87. The first-order valence-electron chi connectivity index (χ1n) is 12.5. The van der Waals surface area contributed by atoms with Crippen LogP contribution in [0.25, 0.3) is 6.08 Å². The molecule has 3 aliphatic rings. The molecule has 0 amide bonds. The molecule has 0 spiro atoms. The lowest BCUT2D eigenvalue weighted by atomic mass is 10.2. The molecule has 1 saturated carbocycles. The zero-order valence-electron chi connectivity index (χ0n) is 20.2. The minimum absolute atomic E-state index is 0.0678. The molecule has 0 unspecified atom stereocenters. The van der Waals surface area contributed by atoms with Gasteiger partial charge in [-0.1, -0.05) is 12.8 Å². The number of ether oxygens (including phenoxy) is 2. The van der Waals surface area contributed by atoms with Crippen molar-refractivity contribution in [3.05, 3.63) is 41.2 Å². The maximum absolute atomic E-state index is 14.1. The second-order valence-electron chi connectivity index (χ2n) is 9.26. The number of aromatic nitrogens is 2. The van der Waals surface area contributed by atoms with Crippen LogP contribution in [-0.4, -0.2) is 77.0 Å². The second-order valence-corrected chi connectivity index (χ2v) is 11.1. The lowest BCUT2D eigenvalue weighted by molar-refractivity contribution is 0.122. The van der Waals surface area contributed by atoms with Gasteiger partial charge in [0, 0.05) is 49.4 Å². The van der Waals surface area contributed by atoms with E-state index in [1.165, 1.54) is 24.3 Å². The number of anilines is 3. The maximum Gasteiger partial charge on any atom is 0.227 e. The molecule has 194 valence electrons. The summed E-state index contributed by atoms with van der Waals surface area (Å²) in [5, 5.41) is 4.67. The lowest BCUT2D eigenvalue weighted by Gasteiger charge is -2.30. The van der Waals surface area contributed by atoms with Gasteiger partial charge in [0.05, 0.1) is 37.0 Å². The summed E-state index contributed by atoms with van der Waals surface area (Å²) in [6.45, 7) is 4.60. The molecule has 2 saturated heterocycles.